The van der Waals surface area contributed by atoms with E-state index in [0.717, 1.165) is 37.2 Å². The molecule has 1 aliphatic heterocycles. The number of benzene rings is 2. The van der Waals surface area contributed by atoms with E-state index in [9.17, 15) is 4.79 Å². The van der Waals surface area contributed by atoms with Gasteiger partial charge in [0.1, 0.15) is 5.75 Å². The van der Waals surface area contributed by atoms with Gasteiger partial charge in [-0.2, -0.15) is 0 Å². The summed E-state index contributed by atoms with van der Waals surface area (Å²) in [6.07, 6.45) is 2.09. The van der Waals surface area contributed by atoms with Crippen LogP contribution in [-0.2, 0) is 9.53 Å². The van der Waals surface area contributed by atoms with Gasteiger partial charge in [-0.15, -0.1) is 0 Å². The van der Waals surface area contributed by atoms with Crippen molar-refractivity contribution in [1.29, 1.82) is 0 Å². The van der Waals surface area contributed by atoms with Gasteiger partial charge in [-0.25, -0.2) is 4.79 Å². The molecule has 1 fully saturated rings. The van der Waals surface area contributed by atoms with Crippen LogP contribution in [0.25, 0.3) is 11.1 Å². The number of rotatable bonds is 6. The predicted octanol–water partition coefficient (Wildman–Crippen LogP) is 2.30. The maximum atomic E-state index is 11.0. The van der Waals surface area contributed by atoms with Crippen LogP contribution in [0, 0.1) is 0 Å². The number of carboxylic acids is 1. The van der Waals surface area contributed by atoms with Crippen molar-refractivity contribution in [3.8, 4) is 16.9 Å². The van der Waals surface area contributed by atoms with Crippen LogP contribution in [0.1, 0.15) is 24.3 Å². The Bertz CT molecular complexity index is 827. The Morgan fingerprint density at radius 2 is 1.81 bits per heavy atom. The molecule has 7 heteroatoms. The first-order chi connectivity index (χ1) is 13.1. The molecule has 0 bridgehead atoms. The van der Waals surface area contributed by atoms with Crippen molar-refractivity contribution in [2.24, 2.45) is 11.6 Å². The first kappa shape index (κ1) is 18.8. The number of hydrazine groups is 1. The molecule has 0 amide bonds. The number of ether oxygens (including phenoxy) is 2. The van der Waals surface area contributed by atoms with E-state index >= 15 is 0 Å². The van der Waals surface area contributed by atoms with Gasteiger partial charge < -0.3 is 25.7 Å². The van der Waals surface area contributed by atoms with Crippen LogP contribution in [0.3, 0.4) is 0 Å². The summed E-state index contributed by atoms with van der Waals surface area (Å²) in [6, 6.07) is 15.8. The summed E-state index contributed by atoms with van der Waals surface area (Å²) < 4.78 is 10.8. The van der Waals surface area contributed by atoms with Crippen molar-refractivity contribution in [3.05, 3.63) is 65.7 Å². The number of carbonyl (C=O) groups is 1. The van der Waals surface area contributed by atoms with Crippen LogP contribution >= 0.6 is 0 Å². The van der Waals surface area contributed by atoms with Gasteiger partial charge in [0.2, 0.25) is 5.88 Å². The van der Waals surface area contributed by atoms with E-state index in [-0.39, 0.29) is 5.88 Å². The van der Waals surface area contributed by atoms with Gasteiger partial charge in [0.15, 0.2) is 5.70 Å². The number of hydrogen-bond donors (Lipinski definition) is 4. The zero-order valence-corrected chi connectivity index (χ0v) is 14.9. The quantitative estimate of drug-likeness (QED) is 0.267. The maximum absolute atomic E-state index is 11.0. The fourth-order valence-electron chi connectivity index (χ4n) is 3.13. The van der Waals surface area contributed by atoms with Gasteiger partial charge in [0, 0.05) is 13.2 Å². The number of aliphatic carboxylic acids is 1. The molecular weight excluding hydrogens is 346 g/mol. The zero-order chi connectivity index (χ0) is 19.2. The summed E-state index contributed by atoms with van der Waals surface area (Å²) in [4.78, 5) is 11.0. The topological polar surface area (TPSA) is 120 Å². The standard InChI is InChI=1S/C20H23N3O4/c21-19(18(23-22)20(24)25)27-17-6-4-13(5-7-17)15-2-1-3-16(12-15)14-8-10-26-11-9-14/h1-7,12,14,23H,8-11,21-22H2,(H,24,25)/b19-18+. The third kappa shape index (κ3) is 4.58. The van der Waals surface area contributed by atoms with Gasteiger partial charge in [0.05, 0.1) is 0 Å². The molecule has 0 aliphatic carbocycles. The van der Waals surface area contributed by atoms with Gasteiger partial charge in [-0.05, 0) is 47.6 Å². The van der Waals surface area contributed by atoms with Gasteiger partial charge >= 0.3 is 5.97 Å². The molecule has 0 atom stereocenters. The highest BCUT2D eigenvalue weighted by Crippen LogP contribution is 2.30. The van der Waals surface area contributed by atoms with E-state index in [2.05, 4.69) is 24.3 Å². The molecular formula is C20H23N3O4. The average Bonchev–Trinajstić information content (AvgIpc) is 2.69. The van der Waals surface area contributed by atoms with Crippen LogP contribution < -0.4 is 21.7 Å². The minimum Gasteiger partial charge on any atom is -0.476 e. The number of carboxylic acid groups (broad SMARTS) is 1. The Hall–Kier alpha value is -3.03. The highest BCUT2D eigenvalue weighted by molar-refractivity contribution is 5.86. The van der Waals surface area contributed by atoms with Crippen LogP contribution in [0.2, 0.25) is 0 Å². The summed E-state index contributed by atoms with van der Waals surface area (Å²) in [5, 5.41) is 8.98. The van der Waals surface area contributed by atoms with Crippen molar-refractivity contribution < 1.29 is 19.4 Å². The second kappa shape index (κ2) is 8.57. The molecule has 142 valence electrons. The van der Waals surface area contributed by atoms with E-state index < -0.39 is 11.7 Å². The normalized spacial score (nSPS) is 15.7. The Balaban J connectivity index is 1.76. The molecule has 3 rings (SSSR count). The fourth-order valence-corrected chi connectivity index (χ4v) is 3.13. The predicted molar refractivity (Wildman–Crippen MR) is 101 cm³/mol. The summed E-state index contributed by atoms with van der Waals surface area (Å²) in [5.74, 6) is 4.50. The van der Waals surface area contributed by atoms with Crippen molar-refractivity contribution in [1.82, 2.24) is 5.43 Å². The summed E-state index contributed by atoms with van der Waals surface area (Å²) in [7, 11) is 0. The van der Waals surface area contributed by atoms with Crippen LogP contribution in [0.4, 0.5) is 0 Å². The lowest BCUT2D eigenvalue weighted by atomic mass is 9.90. The maximum Gasteiger partial charge on any atom is 0.358 e. The largest absolute Gasteiger partial charge is 0.476 e. The Morgan fingerprint density at radius 3 is 2.44 bits per heavy atom. The van der Waals surface area contributed by atoms with Gasteiger partial charge in [-0.1, -0.05) is 36.4 Å². The number of nitrogens with two attached hydrogens (primary N) is 2. The number of nitrogens with one attached hydrogen (secondary N) is 1. The number of hydrogen-bond acceptors (Lipinski definition) is 6. The Kier molecular flexibility index (Phi) is 5.95. The Labute approximate surface area is 157 Å². The third-order valence-electron chi connectivity index (χ3n) is 4.60. The molecule has 0 aromatic heterocycles. The van der Waals surface area contributed by atoms with Crippen LogP contribution in [-0.4, -0.2) is 24.3 Å². The molecule has 2 aromatic rings. The van der Waals surface area contributed by atoms with E-state index in [4.69, 9.17) is 26.2 Å². The molecule has 27 heavy (non-hydrogen) atoms. The van der Waals surface area contributed by atoms with Crippen LogP contribution in [0.15, 0.2) is 60.1 Å². The summed E-state index contributed by atoms with van der Waals surface area (Å²) in [6.45, 7) is 1.62. The Morgan fingerprint density at radius 1 is 1.11 bits per heavy atom. The van der Waals surface area contributed by atoms with E-state index in [1.54, 1.807) is 12.1 Å². The highest BCUT2D eigenvalue weighted by atomic mass is 16.5. The van der Waals surface area contributed by atoms with Crippen LogP contribution in [0.5, 0.6) is 5.75 Å². The molecule has 1 saturated heterocycles. The fraction of sp³-hybridized carbons (Fsp3) is 0.250. The molecule has 0 saturated carbocycles. The van der Waals surface area contributed by atoms with Crippen molar-refractivity contribution in [2.75, 3.05) is 13.2 Å². The lowest BCUT2D eigenvalue weighted by Gasteiger charge is -2.22. The lowest BCUT2D eigenvalue weighted by Crippen LogP contribution is -2.31. The first-order valence-corrected chi connectivity index (χ1v) is 8.74. The first-order valence-electron chi connectivity index (χ1n) is 8.74. The van der Waals surface area contributed by atoms with Crippen molar-refractivity contribution >= 4 is 5.97 Å². The highest BCUT2D eigenvalue weighted by Gasteiger charge is 2.16. The molecule has 7 nitrogen and oxygen atoms in total. The minimum absolute atomic E-state index is 0.306. The van der Waals surface area contributed by atoms with E-state index in [1.807, 2.05) is 17.6 Å². The summed E-state index contributed by atoms with van der Waals surface area (Å²) >= 11 is 0. The molecule has 0 spiro atoms. The molecule has 0 unspecified atom stereocenters. The molecule has 1 aliphatic rings. The SMILES string of the molecule is NN/C(C(=O)O)=C(\N)Oc1ccc(-c2cccc(C3CCOCC3)c2)cc1. The average molecular weight is 369 g/mol. The van der Waals surface area contributed by atoms with Crippen molar-refractivity contribution in [2.45, 2.75) is 18.8 Å². The molecule has 2 aromatic carbocycles. The monoisotopic (exact) mass is 369 g/mol. The van der Waals surface area contributed by atoms with E-state index in [1.165, 1.54) is 5.56 Å². The molecule has 6 N–H and O–H groups in total. The third-order valence-corrected chi connectivity index (χ3v) is 4.60. The van der Waals surface area contributed by atoms with Gasteiger partial charge in [-0.3, -0.25) is 5.84 Å². The van der Waals surface area contributed by atoms with E-state index in [0.29, 0.717) is 11.7 Å². The molecule has 0 radical (unpaired) electrons. The zero-order valence-electron chi connectivity index (χ0n) is 14.9. The molecule has 1 heterocycles. The lowest BCUT2D eigenvalue weighted by molar-refractivity contribution is -0.133. The second-order valence-electron chi connectivity index (χ2n) is 6.33. The van der Waals surface area contributed by atoms with Gasteiger partial charge in [0.25, 0.3) is 0 Å². The smallest absolute Gasteiger partial charge is 0.358 e. The van der Waals surface area contributed by atoms with Crippen molar-refractivity contribution in [3.63, 3.8) is 0 Å². The minimum atomic E-state index is -1.29. The summed E-state index contributed by atoms with van der Waals surface area (Å²) in [5.41, 5.74) is 10.7. The second-order valence-corrected chi connectivity index (χ2v) is 6.33.